The molecular weight excluding hydrogens is 188 g/mol. The summed E-state index contributed by atoms with van der Waals surface area (Å²) in [6.07, 6.45) is 0. The summed E-state index contributed by atoms with van der Waals surface area (Å²) < 4.78 is 4.38. The van der Waals surface area contributed by atoms with E-state index in [-0.39, 0.29) is 16.9 Å². The Kier molecular flexibility index (Phi) is 2.37. The third-order valence-corrected chi connectivity index (χ3v) is 1.76. The lowest BCUT2D eigenvalue weighted by Gasteiger charge is -2.09. The summed E-state index contributed by atoms with van der Waals surface area (Å²) in [6, 6.07) is 1.04. The van der Waals surface area contributed by atoms with Crippen LogP contribution in [0.5, 0.6) is 11.5 Å². The van der Waals surface area contributed by atoms with Crippen LogP contribution in [0, 0.1) is 0 Å². The number of anilines is 2. The highest BCUT2D eigenvalue weighted by atomic mass is 16.5. The minimum absolute atomic E-state index is 0.128. The van der Waals surface area contributed by atoms with E-state index >= 15 is 0 Å². The molecule has 0 atom stereocenters. The van der Waals surface area contributed by atoms with Crippen LogP contribution in [0.4, 0.5) is 11.4 Å². The summed E-state index contributed by atoms with van der Waals surface area (Å²) in [5, 5.41) is 18.5. The maximum atomic E-state index is 11.1. The second kappa shape index (κ2) is 3.33. The van der Waals surface area contributed by atoms with E-state index in [0.29, 0.717) is 0 Å². The van der Waals surface area contributed by atoms with Gasteiger partial charge < -0.3 is 26.4 Å². The smallest absolute Gasteiger partial charge is 0.340 e. The van der Waals surface area contributed by atoms with Gasteiger partial charge in [-0.15, -0.1) is 0 Å². The standard InChI is InChI=1S/C8H10N2O4/c1-14-8(13)3-2-4(11)6(10)7(12)5(3)9/h2,11-12H,9-10H2,1H3. The quantitative estimate of drug-likeness (QED) is 0.219. The lowest BCUT2D eigenvalue weighted by molar-refractivity contribution is 0.0601. The minimum atomic E-state index is -0.756. The van der Waals surface area contributed by atoms with Crippen LogP contribution in [0.25, 0.3) is 0 Å². The molecule has 6 N–H and O–H groups in total. The van der Waals surface area contributed by atoms with Crippen LogP contribution in [-0.4, -0.2) is 23.3 Å². The van der Waals surface area contributed by atoms with Gasteiger partial charge in [0.15, 0.2) is 5.75 Å². The minimum Gasteiger partial charge on any atom is -0.506 e. The Bertz CT molecular complexity index is 389. The van der Waals surface area contributed by atoms with Gasteiger partial charge in [0.1, 0.15) is 11.4 Å². The van der Waals surface area contributed by atoms with E-state index < -0.39 is 17.5 Å². The fourth-order valence-electron chi connectivity index (χ4n) is 0.965. The van der Waals surface area contributed by atoms with Crippen LogP contribution >= 0.6 is 0 Å². The van der Waals surface area contributed by atoms with Crippen molar-refractivity contribution in [1.82, 2.24) is 0 Å². The topological polar surface area (TPSA) is 119 Å². The van der Waals surface area contributed by atoms with E-state index in [0.717, 1.165) is 13.2 Å². The van der Waals surface area contributed by atoms with Crippen molar-refractivity contribution in [2.75, 3.05) is 18.6 Å². The van der Waals surface area contributed by atoms with Crippen molar-refractivity contribution in [3.63, 3.8) is 0 Å². The fourth-order valence-corrected chi connectivity index (χ4v) is 0.965. The van der Waals surface area contributed by atoms with Crippen molar-refractivity contribution in [2.24, 2.45) is 0 Å². The summed E-state index contributed by atoms with van der Waals surface area (Å²) in [7, 11) is 1.16. The second-order valence-electron chi connectivity index (χ2n) is 2.61. The number of carbonyl (C=O) groups is 1. The Labute approximate surface area is 79.7 Å². The summed E-state index contributed by atoms with van der Waals surface area (Å²) in [5.74, 6) is -1.70. The molecule has 0 radical (unpaired) electrons. The van der Waals surface area contributed by atoms with E-state index in [1.165, 1.54) is 0 Å². The fraction of sp³-hybridized carbons (Fsp3) is 0.125. The predicted octanol–water partition coefficient (Wildman–Crippen LogP) is 0.0488. The molecule has 0 aliphatic heterocycles. The summed E-state index contributed by atoms with van der Waals surface area (Å²) >= 11 is 0. The average molecular weight is 198 g/mol. The number of ether oxygens (including phenoxy) is 1. The molecule has 0 spiro atoms. The Morgan fingerprint density at radius 1 is 1.36 bits per heavy atom. The predicted molar refractivity (Wildman–Crippen MR) is 49.9 cm³/mol. The number of methoxy groups -OCH3 is 1. The van der Waals surface area contributed by atoms with Crippen LogP contribution in [0.2, 0.25) is 0 Å². The van der Waals surface area contributed by atoms with Gasteiger partial charge in [-0.2, -0.15) is 0 Å². The first-order valence-corrected chi connectivity index (χ1v) is 3.67. The average Bonchev–Trinajstić information content (AvgIpc) is 2.19. The highest BCUT2D eigenvalue weighted by Gasteiger charge is 2.18. The Hall–Kier alpha value is -2.11. The molecule has 0 saturated carbocycles. The SMILES string of the molecule is COC(=O)c1cc(O)c(N)c(O)c1N. The van der Waals surface area contributed by atoms with Gasteiger partial charge in [0, 0.05) is 0 Å². The van der Waals surface area contributed by atoms with Gasteiger partial charge in [-0.1, -0.05) is 0 Å². The molecule has 0 amide bonds. The zero-order valence-corrected chi connectivity index (χ0v) is 7.44. The van der Waals surface area contributed by atoms with E-state index in [1.807, 2.05) is 0 Å². The summed E-state index contributed by atoms with van der Waals surface area (Å²) in [6.45, 7) is 0. The molecule has 0 unspecified atom stereocenters. The zero-order valence-electron chi connectivity index (χ0n) is 7.44. The third kappa shape index (κ3) is 1.37. The number of nitrogen functional groups attached to an aromatic ring is 2. The molecule has 0 bridgehead atoms. The molecule has 0 aliphatic rings. The molecule has 0 fully saturated rings. The van der Waals surface area contributed by atoms with Gasteiger partial charge in [0.2, 0.25) is 0 Å². The van der Waals surface area contributed by atoms with Crippen LogP contribution < -0.4 is 11.5 Å². The van der Waals surface area contributed by atoms with Crippen molar-refractivity contribution in [1.29, 1.82) is 0 Å². The molecule has 6 heteroatoms. The molecule has 0 aliphatic carbocycles. The van der Waals surface area contributed by atoms with Crippen LogP contribution in [0.1, 0.15) is 10.4 Å². The first-order valence-electron chi connectivity index (χ1n) is 3.67. The van der Waals surface area contributed by atoms with Gasteiger partial charge in [-0.25, -0.2) is 4.79 Å². The molecule has 0 aromatic heterocycles. The number of benzene rings is 1. The number of phenolic OH excluding ortho intramolecular Hbond substituents is 2. The first-order chi connectivity index (χ1) is 6.49. The Balaban J connectivity index is 3.40. The third-order valence-electron chi connectivity index (χ3n) is 1.76. The highest BCUT2D eigenvalue weighted by molar-refractivity contribution is 5.99. The molecule has 6 nitrogen and oxygen atoms in total. The lowest BCUT2D eigenvalue weighted by atomic mass is 10.1. The molecule has 0 saturated heterocycles. The van der Waals surface area contributed by atoms with Crippen molar-refractivity contribution in [3.8, 4) is 11.5 Å². The zero-order chi connectivity index (χ0) is 10.9. The number of hydrogen-bond acceptors (Lipinski definition) is 6. The number of hydrogen-bond donors (Lipinski definition) is 4. The van der Waals surface area contributed by atoms with Crippen molar-refractivity contribution >= 4 is 17.3 Å². The molecule has 1 aromatic rings. The Morgan fingerprint density at radius 3 is 2.43 bits per heavy atom. The highest BCUT2D eigenvalue weighted by Crippen LogP contribution is 2.38. The lowest BCUT2D eigenvalue weighted by Crippen LogP contribution is -2.06. The Morgan fingerprint density at radius 2 is 1.93 bits per heavy atom. The van der Waals surface area contributed by atoms with Gasteiger partial charge in [-0.05, 0) is 6.07 Å². The van der Waals surface area contributed by atoms with Crippen molar-refractivity contribution < 1.29 is 19.7 Å². The van der Waals surface area contributed by atoms with E-state index in [1.54, 1.807) is 0 Å². The maximum Gasteiger partial charge on any atom is 0.340 e. The van der Waals surface area contributed by atoms with Gasteiger partial charge in [0.05, 0.1) is 18.4 Å². The van der Waals surface area contributed by atoms with Crippen LogP contribution in [0.15, 0.2) is 6.07 Å². The monoisotopic (exact) mass is 198 g/mol. The molecular formula is C8H10N2O4. The second-order valence-corrected chi connectivity index (χ2v) is 2.61. The molecule has 1 rings (SSSR count). The summed E-state index contributed by atoms with van der Waals surface area (Å²) in [4.78, 5) is 11.1. The number of rotatable bonds is 1. The number of phenols is 2. The van der Waals surface area contributed by atoms with E-state index in [4.69, 9.17) is 11.5 Å². The van der Waals surface area contributed by atoms with Gasteiger partial charge in [-0.3, -0.25) is 0 Å². The summed E-state index contributed by atoms with van der Waals surface area (Å²) in [5.41, 5.74) is 10.0. The molecule has 0 heterocycles. The number of esters is 1. The van der Waals surface area contributed by atoms with Gasteiger partial charge in [0.25, 0.3) is 0 Å². The maximum absolute atomic E-state index is 11.1. The van der Waals surface area contributed by atoms with Crippen molar-refractivity contribution in [2.45, 2.75) is 0 Å². The normalized spacial score (nSPS) is 9.79. The largest absolute Gasteiger partial charge is 0.506 e. The van der Waals surface area contributed by atoms with Gasteiger partial charge >= 0.3 is 5.97 Å². The first kappa shape index (κ1) is 9.97. The molecule has 1 aromatic carbocycles. The number of carbonyl (C=O) groups excluding carboxylic acids is 1. The number of nitrogens with two attached hydrogens (primary N) is 2. The molecule has 76 valence electrons. The van der Waals surface area contributed by atoms with Crippen LogP contribution in [0.3, 0.4) is 0 Å². The van der Waals surface area contributed by atoms with Crippen LogP contribution in [-0.2, 0) is 4.74 Å². The van der Waals surface area contributed by atoms with Crippen molar-refractivity contribution in [3.05, 3.63) is 11.6 Å². The van der Waals surface area contributed by atoms with E-state index in [9.17, 15) is 15.0 Å². The number of aromatic hydroxyl groups is 2. The molecule has 14 heavy (non-hydrogen) atoms. The van der Waals surface area contributed by atoms with E-state index in [2.05, 4.69) is 4.74 Å².